The summed E-state index contributed by atoms with van der Waals surface area (Å²) < 4.78 is 5.27. The number of amides is 1. The van der Waals surface area contributed by atoms with Gasteiger partial charge in [-0.15, -0.1) is 0 Å². The number of methoxy groups -OCH3 is 1. The molecule has 162 valence electrons. The highest BCUT2D eigenvalue weighted by molar-refractivity contribution is 5.85. The average molecular weight is 411 g/mol. The van der Waals surface area contributed by atoms with Crippen molar-refractivity contribution < 1.29 is 14.6 Å². The minimum Gasteiger partial charge on any atom is -0.507 e. The molecule has 0 aromatic heterocycles. The number of hydrazone groups is 1. The Labute approximate surface area is 180 Å². The quantitative estimate of drug-likeness (QED) is 0.515. The van der Waals surface area contributed by atoms with Crippen LogP contribution < -0.4 is 10.2 Å². The van der Waals surface area contributed by atoms with Crippen molar-refractivity contribution in [1.82, 2.24) is 5.43 Å². The molecule has 2 N–H and O–H groups in total. The summed E-state index contributed by atoms with van der Waals surface area (Å²) in [6.07, 6.45) is 2.45. The Hall–Kier alpha value is -2.82. The Morgan fingerprint density at radius 3 is 2.17 bits per heavy atom. The van der Waals surface area contributed by atoms with Gasteiger partial charge in [0.15, 0.2) is 0 Å². The molecule has 0 spiro atoms. The SMILES string of the molecule is COc1ccccc1C=NNC(=O)CCc1cc(C(C)(C)C)c(O)c(C(C)(C)C)c1. The van der Waals surface area contributed by atoms with E-state index in [2.05, 4.69) is 52.1 Å². The highest BCUT2D eigenvalue weighted by atomic mass is 16.5. The molecule has 0 aliphatic heterocycles. The number of rotatable bonds is 6. The van der Waals surface area contributed by atoms with E-state index in [4.69, 9.17) is 4.74 Å². The van der Waals surface area contributed by atoms with Crippen LogP contribution in [0.15, 0.2) is 41.5 Å². The summed E-state index contributed by atoms with van der Waals surface area (Å²) >= 11 is 0. The number of para-hydroxylation sites is 1. The van der Waals surface area contributed by atoms with Gasteiger partial charge >= 0.3 is 0 Å². The number of aryl methyl sites for hydroxylation is 1. The van der Waals surface area contributed by atoms with Crippen LogP contribution in [0, 0.1) is 0 Å². The molecule has 0 fully saturated rings. The van der Waals surface area contributed by atoms with Gasteiger partial charge in [0.2, 0.25) is 5.91 Å². The smallest absolute Gasteiger partial charge is 0.240 e. The number of ether oxygens (including phenoxy) is 1. The fourth-order valence-corrected chi connectivity index (χ4v) is 3.24. The normalized spacial score (nSPS) is 12.2. The summed E-state index contributed by atoms with van der Waals surface area (Å²) in [7, 11) is 1.60. The van der Waals surface area contributed by atoms with Crippen LogP contribution in [0.5, 0.6) is 11.5 Å². The summed E-state index contributed by atoms with van der Waals surface area (Å²) in [6, 6.07) is 11.5. The van der Waals surface area contributed by atoms with E-state index >= 15 is 0 Å². The third kappa shape index (κ3) is 6.09. The number of benzene rings is 2. The number of phenolic OH excluding ortho intramolecular Hbond substituents is 1. The van der Waals surface area contributed by atoms with Crippen LogP contribution in [0.25, 0.3) is 0 Å². The van der Waals surface area contributed by atoms with Crippen molar-refractivity contribution in [1.29, 1.82) is 0 Å². The topological polar surface area (TPSA) is 70.9 Å². The van der Waals surface area contributed by atoms with E-state index in [1.165, 1.54) is 0 Å². The van der Waals surface area contributed by atoms with Gasteiger partial charge in [0.1, 0.15) is 11.5 Å². The third-order valence-electron chi connectivity index (χ3n) is 4.96. The zero-order valence-corrected chi connectivity index (χ0v) is 19.2. The van der Waals surface area contributed by atoms with Crippen molar-refractivity contribution in [3.8, 4) is 11.5 Å². The number of carbonyl (C=O) groups excluding carboxylic acids is 1. The second-order valence-corrected chi connectivity index (χ2v) is 9.57. The summed E-state index contributed by atoms with van der Waals surface area (Å²) in [5, 5.41) is 14.9. The number of phenols is 1. The van der Waals surface area contributed by atoms with Gasteiger partial charge in [-0.25, -0.2) is 5.43 Å². The summed E-state index contributed by atoms with van der Waals surface area (Å²) in [5.41, 5.74) is 5.83. The van der Waals surface area contributed by atoms with Gasteiger partial charge in [0.05, 0.1) is 13.3 Å². The monoisotopic (exact) mass is 410 g/mol. The number of carbonyl (C=O) groups is 1. The standard InChI is InChI=1S/C25H34N2O3/c1-24(2,3)19-14-17(15-20(23(19)29)25(4,5)6)12-13-22(28)27-26-16-18-10-8-9-11-21(18)30-7/h8-11,14-16,29H,12-13H2,1-7H3,(H,27,28). The molecular formula is C25H34N2O3. The van der Waals surface area contributed by atoms with Crippen molar-refractivity contribution in [3.05, 3.63) is 58.7 Å². The van der Waals surface area contributed by atoms with Gasteiger partial charge in [0, 0.05) is 12.0 Å². The van der Waals surface area contributed by atoms with E-state index in [-0.39, 0.29) is 16.7 Å². The number of nitrogens with one attached hydrogen (secondary N) is 1. The summed E-state index contributed by atoms with van der Waals surface area (Å²) in [5.74, 6) is 0.887. The van der Waals surface area contributed by atoms with Crippen LogP contribution >= 0.6 is 0 Å². The van der Waals surface area contributed by atoms with Crippen molar-refractivity contribution in [2.75, 3.05) is 7.11 Å². The zero-order valence-electron chi connectivity index (χ0n) is 19.2. The molecule has 1 amide bonds. The molecule has 2 aromatic carbocycles. The molecule has 5 heteroatoms. The fraction of sp³-hybridized carbons (Fsp3) is 0.440. The summed E-state index contributed by atoms with van der Waals surface area (Å²) in [4.78, 5) is 12.3. The minimum absolute atomic E-state index is 0.163. The maximum absolute atomic E-state index is 12.3. The van der Waals surface area contributed by atoms with Gasteiger partial charge in [-0.1, -0.05) is 65.8 Å². The molecule has 0 saturated carbocycles. The second kappa shape index (κ2) is 9.33. The van der Waals surface area contributed by atoms with Gasteiger partial charge in [-0.3, -0.25) is 4.79 Å². The Balaban J connectivity index is 2.11. The van der Waals surface area contributed by atoms with Crippen molar-refractivity contribution in [3.63, 3.8) is 0 Å². The van der Waals surface area contributed by atoms with Crippen LogP contribution in [-0.2, 0) is 22.0 Å². The first-order valence-electron chi connectivity index (χ1n) is 10.2. The van der Waals surface area contributed by atoms with E-state index in [0.29, 0.717) is 24.3 Å². The maximum atomic E-state index is 12.3. The van der Waals surface area contributed by atoms with Gasteiger partial charge < -0.3 is 9.84 Å². The van der Waals surface area contributed by atoms with Crippen LogP contribution in [0.2, 0.25) is 0 Å². The molecule has 2 rings (SSSR count). The van der Waals surface area contributed by atoms with Crippen molar-refractivity contribution in [2.45, 2.75) is 65.2 Å². The van der Waals surface area contributed by atoms with Crippen LogP contribution in [0.3, 0.4) is 0 Å². The predicted molar refractivity (Wildman–Crippen MR) is 123 cm³/mol. The molecule has 0 heterocycles. The van der Waals surface area contributed by atoms with E-state index < -0.39 is 0 Å². The first kappa shape index (κ1) is 23.5. The Morgan fingerprint density at radius 1 is 1.07 bits per heavy atom. The van der Waals surface area contributed by atoms with E-state index in [9.17, 15) is 9.90 Å². The van der Waals surface area contributed by atoms with Gasteiger partial charge in [-0.2, -0.15) is 5.10 Å². The average Bonchev–Trinajstić information content (AvgIpc) is 2.65. The fourth-order valence-electron chi connectivity index (χ4n) is 3.24. The predicted octanol–water partition coefficient (Wildman–Crippen LogP) is 5.08. The van der Waals surface area contributed by atoms with Crippen molar-refractivity contribution >= 4 is 12.1 Å². The molecule has 0 aliphatic rings. The lowest BCUT2D eigenvalue weighted by molar-refractivity contribution is -0.121. The summed E-state index contributed by atoms with van der Waals surface area (Å²) in [6.45, 7) is 12.5. The molecular weight excluding hydrogens is 376 g/mol. The Kier molecular flexibility index (Phi) is 7.30. The highest BCUT2D eigenvalue weighted by Gasteiger charge is 2.26. The molecule has 0 atom stereocenters. The lowest BCUT2D eigenvalue weighted by atomic mass is 9.78. The lowest BCUT2D eigenvalue weighted by Crippen LogP contribution is -2.20. The van der Waals surface area contributed by atoms with Gasteiger partial charge in [-0.05, 0) is 46.1 Å². The molecule has 0 bridgehead atoms. The minimum atomic E-state index is -0.193. The van der Waals surface area contributed by atoms with Crippen molar-refractivity contribution in [2.24, 2.45) is 5.10 Å². The maximum Gasteiger partial charge on any atom is 0.240 e. The number of hydrogen-bond acceptors (Lipinski definition) is 4. The lowest BCUT2D eigenvalue weighted by Gasteiger charge is -2.28. The first-order chi connectivity index (χ1) is 13.9. The molecule has 2 aromatic rings. The third-order valence-corrected chi connectivity index (χ3v) is 4.96. The Morgan fingerprint density at radius 2 is 1.63 bits per heavy atom. The number of aromatic hydroxyl groups is 1. The van der Waals surface area contributed by atoms with E-state index in [0.717, 1.165) is 22.3 Å². The molecule has 0 radical (unpaired) electrons. The van der Waals surface area contributed by atoms with Crippen LogP contribution in [0.4, 0.5) is 0 Å². The van der Waals surface area contributed by atoms with E-state index in [1.54, 1.807) is 13.3 Å². The van der Waals surface area contributed by atoms with E-state index in [1.807, 2.05) is 36.4 Å². The first-order valence-corrected chi connectivity index (χ1v) is 10.2. The molecule has 0 aliphatic carbocycles. The number of hydrogen-bond donors (Lipinski definition) is 2. The van der Waals surface area contributed by atoms with Gasteiger partial charge in [0.25, 0.3) is 0 Å². The number of nitrogens with zero attached hydrogens (tertiary/aromatic N) is 1. The second-order valence-electron chi connectivity index (χ2n) is 9.57. The zero-order chi connectivity index (χ0) is 22.5. The molecule has 0 saturated heterocycles. The molecule has 30 heavy (non-hydrogen) atoms. The molecule has 0 unspecified atom stereocenters. The van der Waals surface area contributed by atoms with Crippen LogP contribution in [-0.4, -0.2) is 24.3 Å². The molecule has 5 nitrogen and oxygen atoms in total. The Bertz CT molecular complexity index is 884. The largest absolute Gasteiger partial charge is 0.507 e. The highest BCUT2D eigenvalue weighted by Crippen LogP contribution is 2.39. The van der Waals surface area contributed by atoms with Crippen LogP contribution in [0.1, 0.15) is 70.2 Å².